The molecule has 0 bridgehead atoms. The maximum absolute atomic E-state index is 14.1. The highest BCUT2D eigenvalue weighted by molar-refractivity contribution is 5.84. The lowest BCUT2D eigenvalue weighted by molar-refractivity contribution is 0.628. The van der Waals surface area contributed by atoms with Crippen molar-refractivity contribution in [3.8, 4) is 11.4 Å². The second-order valence-electron chi connectivity index (χ2n) is 4.88. The number of imidazole rings is 1. The smallest absolute Gasteiger partial charge is 0.146 e. The van der Waals surface area contributed by atoms with Crippen LogP contribution in [0.3, 0.4) is 0 Å². The Morgan fingerprint density at radius 1 is 1.25 bits per heavy atom. The fourth-order valence-corrected chi connectivity index (χ4v) is 2.53. The summed E-state index contributed by atoms with van der Waals surface area (Å²) in [5.74, 6) is 0.246. The number of aromatic nitrogens is 2. The van der Waals surface area contributed by atoms with Crippen molar-refractivity contribution in [2.75, 3.05) is 5.73 Å². The lowest BCUT2D eigenvalue weighted by Gasteiger charge is -2.09. The van der Waals surface area contributed by atoms with Gasteiger partial charge < -0.3 is 10.3 Å². The molecule has 0 aliphatic rings. The summed E-state index contributed by atoms with van der Waals surface area (Å²) in [5, 5.41) is 0. The number of halogens is 1. The molecule has 0 saturated heterocycles. The number of nitrogens with zero attached hydrogens (tertiary/aromatic N) is 2. The first-order chi connectivity index (χ1) is 9.61. The average Bonchev–Trinajstić information content (AvgIpc) is 2.75. The van der Waals surface area contributed by atoms with Crippen molar-refractivity contribution in [1.29, 1.82) is 0 Å². The Morgan fingerprint density at radius 3 is 2.75 bits per heavy atom. The monoisotopic (exact) mass is 269 g/mol. The molecule has 0 atom stereocenters. The largest absolute Gasteiger partial charge is 0.398 e. The van der Waals surface area contributed by atoms with E-state index in [1.54, 1.807) is 12.1 Å². The van der Waals surface area contributed by atoms with Crippen LogP contribution >= 0.6 is 0 Å². The maximum atomic E-state index is 14.1. The van der Waals surface area contributed by atoms with Gasteiger partial charge in [0.1, 0.15) is 11.6 Å². The number of aryl methyl sites for hydroxylation is 2. The van der Waals surface area contributed by atoms with Crippen LogP contribution < -0.4 is 5.73 Å². The Balaban J connectivity index is 2.36. The van der Waals surface area contributed by atoms with Gasteiger partial charge in [-0.05, 0) is 43.7 Å². The van der Waals surface area contributed by atoms with Gasteiger partial charge in [0.15, 0.2) is 0 Å². The molecule has 3 nitrogen and oxygen atoms in total. The molecule has 4 heteroatoms. The van der Waals surface area contributed by atoms with Crippen molar-refractivity contribution in [2.45, 2.75) is 20.4 Å². The molecular weight excluding hydrogens is 253 g/mol. The molecule has 3 rings (SSSR count). The predicted octanol–water partition coefficient (Wildman–Crippen LogP) is 3.75. The van der Waals surface area contributed by atoms with Crippen molar-refractivity contribution >= 4 is 16.7 Å². The fraction of sp³-hybridized carbons (Fsp3) is 0.188. The number of nitrogen functional groups attached to an aromatic ring is 1. The van der Waals surface area contributed by atoms with Gasteiger partial charge in [0.25, 0.3) is 0 Å². The molecule has 102 valence electrons. The zero-order valence-electron chi connectivity index (χ0n) is 11.5. The Kier molecular flexibility index (Phi) is 2.93. The van der Waals surface area contributed by atoms with Gasteiger partial charge >= 0.3 is 0 Å². The zero-order valence-corrected chi connectivity index (χ0v) is 11.5. The summed E-state index contributed by atoms with van der Waals surface area (Å²) in [6, 6.07) is 10.8. The summed E-state index contributed by atoms with van der Waals surface area (Å²) in [4.78, 5) is 4.58. The number of fused-ring (bicyclic) bond motifs is 1. The zero-order chi connectivity index (χ0) is 14.3. The maximum Gasteiger partial charge on any atom is 0.146 e. The van der Waals surface area contributed by atoms with E-state index in [0.717, 1.165) is 16.6 Å². The minimum Gasteiger partial charge on any atom is -0.398 e. The highest BCUT2D eigenvalue weighted by atomic mass is 19.1. The number of anilines is 1. The summed E-state index contributed by atoms with van der Waals surface area (Å²) >= 11 is 0. The Morgan fingerprint density at radius 2 is 2.05 bits per heavy atom. The Labute approximate surface area is 116 Å². The first-order valence-electron chi connectivity index (χ1n) is 6.63. The minimum absolute atomic E-state index is 0.341. The normalized spacial score (nSPS) is 11.2. The van der Waals surface area contributed by atoms with Crippen LogP contribution in [0.2, 0.25) is 0 Å². The molecule has 0 radical (unpaired) electrons. The number of nitrogens with two attached hydrogens (primary N) is 1. The van der Waals surface area contributed by atoms with E-state index < -0.39 is 0 Å². The molecule has 0 saturated carbocycles. The van der Waals surface area contributed by atoms with E-state index in [2.05, 4.69) is 4.98 Å². The third-order valence-electron chi connectivity index (χ3n) is 3.49. The van der Waals surface area contributed by atoms with Gasteiger partial charge in [-0.3, -0.25) is 0 Å². The summed E-state index contributed by atoms with van der Waals surface area (Å²) < 4.78 is 16.1. The number of hydrogen-bond donors (Lipinski definition) is 1. The number of hydrogen-bond acceptors (Lipinski definition) is 2. The highest BCUT2D eigenvalue weighted by Gasteiger charge is 2.17. The Hall–Kier alpha value is -2.36. The van der Waals surface area contributed by atoms with E-state index in [9.17, 15) is 4.39 Å². The van der Waals surface area contributed by atoms with Crippen LogP contribution in [0.5, 0.6) is 0 Å². The third kappa shape index (κ3) is 1.84. The molecule has 2 aromatic carbocycles. The van der Waals surface area contributed by atoms with Crippen molar-refractivity contribution in [1.82, 2.24) is 9.55 Å². The highest BCUT2D eigenvalue weighted by Crippen LogP contribution is 2.31. The molecule has 0 fully saturated rings. The molecule has 20 heavy (non-hydrogen) atoms. The van der Waals surface area contributed by atoms with Gasteiger partial charge in [-0.15, -0.1) is 0 Å². The van der Waals surface area contributed by atoms with E-state index in [-0.39, 0.29) is 5.82 Å². The standard InChI is InChI=1S/C16H16FN3/c1-3-20-14-8-7-10(2)9-13(14)19-16(20)15-11(17)5-4-6-12(15)18/h4-9H,3,18H2,1-2H3. The first-order valence-corrected chi connectivity index (χ1v) is 6.63. The van der Waals surface area contributed by atoms with Gasteiger partial charge in [-0.1, -0.05) is 12.1 Å². The van der Waals surface area contributed by atoms with E-state index in [1.165, 1.54) is 6.07 Å². The third-order valence-corrected chi connectivity index (χ3v) is 3.49. The van der Waals surface area contributed by atoms with Crippen LogP contribution in [-0.2, 0) is 6.54 Å². The number of rotatable bonds is 2. The van der Waals surface area contributed by atoms with Gasteiger partial charge in [0.2, 0.25) is 0 Å². The van der Waals surface area contributed by atoms with Gasteiger partial charge in [-0.25, -0.2) is 9.37 Å². The van der Waals surface area contributed by atoms with Gasteiger partial charge in [0.05, 0.1) is 16.6 Å². The molecule has 0 aliphatic carbocycles. The summed E-state index contributed by atoms with van der Waals surface area (Å²) in [6.45, 7) is 4.74. The molecule has 0 aliphatic heterocycles. The van der Waals surface area contributed by atoms with Crippen molar-refractivity contribution in [3.63, 3.8) is 0 Å². The van der Waals surface area contributed by atoms with Crippen LogP contribution in [0.4, 0.5) is 10.1 Å². The number of benzene rings is 2. The topological polar surface area (TPSA) is 43.8 Å². The van der Waals surface area contributed by atoms with E-state index in [1.807, 2.05) is 36.6 Å². The van der Waals surface area contributed by atoms with Gasteiger partial charge in [-0.2, -0.15) is 0 Å². The molecule has 3 aromatic rings. The molecule has 0 unspecified atom stereocenters. The Bertz CT molecular complexity index is 770. The van der Waals surface area contributed by atoms with Crippen LogP contribution in [-0.4, -0.2) is 9.55 Å². The SMILES string of the molecule is CCn1c(-c2c(N)cccc2F)nc2cc(C)ccc21. The van der Waals surface area contributed by atoms with Crippen molar-refractivity contribution in [3.05, 3.63) is 47.8 Å². The van der Waals surface area contributed by atoms with Crippen LogP contribution in [0.15, 0.2) is 36.4 Å². The second kappa shape index (κ2) is 4.63. The summed E-state index contributed by atoms with van der Waals surface area (Å²) in [6.07, 6.45) is 0. The molecule has 1 heterocycles. The predicted molar refractivity (Wildman–Crippen MR) is 80.0 cm³/mol. The van der Waals surface area contributed by atoms with Gasteiger partial charge in [0, 0.05) is 12.2 Å². The first kappa shape index (κ1) is 12.7. The van der Waals surface area contributed by atoms with Crippen LogP contribution in [0.25, 0.3) is 22.4 Å². The van der Waals surface area contributed by atoms with Crippen LogP contribution in [0.1, 0.15) is 12.5 Å². The van der Waals surface area contributed by atoms with E-state index in [4.69, 9.17) is 5.73 Å². The molecular formula is C16H16FN3. The van der Waals surface area contributed by atoms with E-state index in [0.29, 0.717) is 23.6 Å². The lowest BCUT2D eigenvalue weighted by Crippen LogP contribution is -2.02. The molecule has 0 spiro atoms. The minimum atomic E-state index is -0.341. The van der Waals surface area contributed by atoms with Crippen molar-refractivity contribution in [2.24, 2.45) is 0 Å². The second-order valence-corrected chi connectivity index (χ2v) is 4.88. The quantitative estimate of drug-likeness (QED) is 0.720. The fourth-order valence-electron chi connectivity index (χ4n) is 2.53. The van der Waals surface area contributed by atoms with Crippen LogP contribution in [0, 0.1) is 12.7 Å². The lowest BCUT2D eigenvalue weighted by atomic mass is 10.1. The molecule has 1 aromatic heterocycles. The average molecular weight is 269 g/mol. The van der Waals surface area contributed by atoms with E-state index >= 15 is 0 Å². The summed E-state index contributed by atoms with van der Waals surface area (Å²) in [5.41, 5.74) is 9.71. The summed E-state index contributed by atoms with van der Waals surface area (Å²) in [7, 11) is 0. The molecule has 2 N–H and O–H groups in total. The van der Waals surface area contributed by atoms with Crippen molar-refractivity contribution < 1.29 is 4.39 Å². The molecule has 0 amide bonds.